The highest BCUT2D eigenvalue weighted by Gasteiger charge is 2.57. The molecule has 0 aliphatic carbocycles. The second kappa shape index (κ2) is 35.3. The van der Waals surface area contributed by atoms with Gasteiger partial charge in [0.15, 0.2) is 23.3 Å². The summed E-state index contributed by atoms with van der Waals surface area (Å²) in [6.45, 7) is 23.9. The Morgan fingerprint density at radius 1 is 0.370 bits per heavy atom. The lowest BCUT2D eigenvalue weighted by molar-refractivity contribution is -0.128. The first-order valence-corrected chi connectivity index (χ1v) is 45.8. The summed E-state index contributed by atoms with van der Waals surface area (Å²) in [4.78, 5) is 117. The van der Waals surface area contributed by atoms with E-state index in [1.54, 1.807) is 117 Å². The summed E-state index contributed by atoms with van der Waals surface area (Å²) < 4.78 is 106. The van der Waals surface area contributed by atoms with Crippen LogP contribution >= 0.6 is 34.8 Å². The zero-order chi connectivity index (χ0) is 96.0. The number of carbonyl (C=O) groups excluding carboxylic acids is 4. The second-order valence-corrected chi connectivity index (χ2v) is 36.1. The number of aryl methyl sites for hydroxylation is 1. The minimum Gasteiger partial charge on any atom is -0.507 e. The second-order valence-electron chi connectivity index (χ2n) is 35.0. The Morgan fingerprint density at radius 2 is 0.717 bits per heavy atom. The highest BCUT2D eigenvalue weighted by Crippen LogP contribution is 2.50. The topological polar surface area (TPSA) is 269 Å². The van der Waals surface area contributed by atoms with Crippen molar-refractivity contribution < 1.29 is 55.0 Å². The van der Waals surface area contributed by atoms with E-state index in [1.165, 1.54) is 61.5 Å². The van der Waals surface area contributed by atoms with Crippen molar-refractivity contribution in [1.29, 1.82) is 0 Å². The van der Waals surface area contributed by atoms with E-state index in [9.17, 15) is 37.5 Å². The summed E-state index contributed by atoms with van der Waals surface area (Å²) >= 11 is 18.8. The summed E-state index contributed by atoms with van der Waals surface area (Å²) in [6.07, 6.45) is 18.8. The molecular formula is C103H80Cl3F7N20O5. The van der Waals surface area contributed by atoms with Crippen molar-refractivity contribution in [2.45, 2.75) is 107 Å². The number of amides is 4. The van der Waals surface area contributed by atoms with Crippen LogP contribution in [0.2, 0.25) is 15.1 Å². The van der Waals surface area contributed by atoms with Crippen LogP contribution in [-0.4, -0.2) is 208 Å². The molecule has 0 spiro atoms. The fraction of sp³-hybridized carbons (Fsp3) is 0.223. The molecule has 35 heteroatoms. The highest BCUT2D eigenvalue weighted by molar-refractivity contribution is 6.38. The molecule has 8 fully saturated rings. The number of benzene rings is 8. The van der Waals surface area contributed by atoms with Gasteiger partial charge in [0.2, 0.25) is 23.6 Å². The summed E-state index contributed by atoms with van der Waals surface area (Å²) in [5.74, 6) is -1.79. The Kier molecular flexibility index (Phi) is 22.9. The maximum atomic E-state index is 16.0. The van der Waals surface area contributed by atoms with Gasteiger partial charge in [0.25, 0.3) is 0 Å². The van der Waals surface area contributed by atoms with Crippen molar-refractivity contribution in [3.63, 3.8) is 0 Å². The quantitative estimate of drug-likeness (QED) is 0.0879. The first-order valence-electron chi connectivity index (χ1n) is 44.7. The summed E-state index contributed by atoms with van der Waals surface area (Å²) in [6, 6.07) is 35.7. The van der Waals surface area contributed by atoms with Crippen LogP contribution in [0.25, 0.3) is 132 Å². The van der Waals surface area contributed by atoms with E-state index < -0.39 is 40.7 Å². The van der Waals surface area contributed by atoms with Crippen molar-refractivity contribution in [2.24, 2.45) is 0 Å². The fourth-order valence-electron chi connectivity index (χ4n) is 21.8. The van der Waals surface area contributed by atoms with E-state index in [0.29, 0.717) is 150 Å². The van der Waals surface area contributed by atoms with Gasteiger partial charge in [-0.05, 0) is 122 Å². The predicted octanol–water partition coefficient (Wildman–Crippen LogP) is 19.0. The summed E-state index contributed by atoms with van der Waals surface area (Å²) in [5, 5.41) is 17.1. The van der Waals surface area contributed by atoms with E-state index in [-0.39, 0.29) is 150 Å². The van der Waals surface area contributed by atoms with Gasteiger partial charge in [-0.25, -0.2) is 70.6 Å². The molecule has 138 heavy (non-hydrogen) atoms. The molecule has 1 N–H and O–H groups in total. The lowest BCUT2D eigenvalue weighted by Crippen LogP contribution is -2.69. The molecule has 8 saturated heterocycles. The van der Waals surface area contributed by atoms with E-state index in [4.69, 9.17) is 34.8 Å². The van der Waals surface area contributed by atoms with Crippen molar-refractivity contribution in [3.8, 4) is 50.8 Å². The fourth-order valence-corrected chi connectivity index (χ4v) is 22.6. The number of likely N-dealkylation sites (tertiary alicyclic amines) is 4. The molecular weight excluding hydrogens is 1840 g/mol. The Labute approximate surface area is 797 Å². The van der Waals surface area contributed by atoms with Gasteiger partial charge in [-0.3, -0.25) is 39.1 Å². The van der Waals surface area contributed by atoms with Crippen molar-refractivity contribution >= 4 is 168 Å². The predicted molar refractivity (Wildman–Crippen MR) is 517 cm³/mol. The molecule has 25 nitrogen and oxygen atoms in total. The number of halogens is 10. The van der Waals surface area contributed by atoms with Crippen LogP contribution in [0.5, 0.6) is 5.75 Å². The third kappa shape index (κ3) is 14.4. The summed E-state index contributed by atoms with van der Waals surface area (Å²) in [5.41, 5.74) is 2.22. The van der Waals surface area contributed by atoms with E-state index in [0.717, 1.165) is 31.1 Å². The molecule has 8 aromatic heterocycles. The Hall–Kier alpha value is -15.0. The van der Waals surface area contributed by atoms with Crippen LogP contribution < -0.4 is 19.6 Å². The van der Waals surface area contributed by atoms with Gasteiger partial charge in [0.1, 0.15) is 116 Å². The Bertz CT molecular complexity index is 7700. The molecule has 10 atom stereocenters. The maximum absolute atomic E-state index is 16.0. The van der Waals surface area contributed by atoms with Gasteiger partial charge < -0.3 is 44.3 Å². The number of hydrogen-bond acceptors (Lipinski definition) is 21. The summed E-state index contributed by atoms with van der Waals surface area (Å²) in [7, 11) is 0. The van der Waals surface area contributed by atoms with Gasteiger partial charge in [-0.15, -0.1) is 0 Å². The number of aromatic hydroxyl groups is 1. The minimum atomic E-state index is -0.626. The van der Waals surface area contributed by atoms with Crippen molar-refractivity contribution in [2.75, 3.05) is 58.9 Å². The third-order valence-electron chi connectivity index (χ3n) is 28.2. The average Bonchev–Trinajstić information content (AvgIpc) is 1.64. The van der Waals surface area contributed by atoms with Crippen molar-refractivity contribution in [3.05, 3.63) is 283 Å². The maximum Gasteiger partial charge on any atom is 0.246 e. The minimum absolute atomic E-state index is 0.00733. The number of pyridine rings is 4. The zero-order valence-electron chi connectivity index (χ0n) is 74.0. The Morgan fingerprint density at radius 3 is 1.15 bits per heavy atom. The molecule has 0 unspecified atom stereocenters. The van der Waals surface area contributed by atoms with Gasteiger partial charge in [-0.2, -0.15) is 0 Å². The number of rotatable bonds is 12. The smallest absolute Gasteiger partial charge is 0.246 e. The molecule has 0 saturated carbocycles. The van der Waals surface area contributed by atoms with Crippen LogP contribution in [-0.2, 0) is 19.2 Å². The number of phenolic OH excluding ortho intramolecular Hbond substituents is 1. The molecule has 16 heterocycles. The highest BCUT2D eigenvalue weighted by atomic mass is 35.5. The monoisotopic (exact) mass is 1910 g/mol. The zero-order valence-corrected chi connectivity index (χ0v) is 76.2. The molecule has 8 aliphatic heterocycles. The van der Waals surface area contributed by atoms with Crippen molar-refractivity contribution in [1.82, 2.24) is 79.4 Å². The number of phenols is 1. The average molecular weight is 1920 g/mol. The van der Waals surface area contributed by atoms with Crippen LogP contribution in [0.15, 0.2) is 222 Å². The molecule has 0 radical (unpaired) electrons. The number of nitrogens with zero attached hydrogens (tertiary/aromatic N) is 20. The van der Waals surface area contributed by atoms with Gasteiger partial charge in [0.05, 0.1) is 103 Å². The van der Waals surface area contributed by atoms with Gasteiger partial charge in [0, 0.05) is 96.9 Å². The standard InChI is InChI=1S/3C26H20ClF2N5O.C25H20FN5O2/c1-3-20(35)33-10-9-18-19(33)12-34(18)26-16-11-30-24(23(29)25(16)31-13(2)32-26)15-6-4-5-14-7-8-17(28)22(27)21(14)15;2*1-3-19(35)33-10-9-18-25(33)13(2)34(18)26-16-11-30-23(22(29)24(16)31-12-32-26)15-6-4-5-14-7-8-17(28)21(27)20(14)15;1-2-20(33)30-10-9-17-18(30)12-31(17)25-16-11-27-24(22(26)23(16)28-13-29-25)21-15-6-4-3-5-14(15)7-8-19(21)32/h3-8,11,18-19H,1,9-10,12H2,2H3;2*3-8,11-13,18,25H,1,9-10H2,2H3;2-8,11,13,17-18,32H,1,9-10,12H2/t18-,19-;13-,18+,25+;13-,18-,25-;17-,18-/m1011/s1. The molecule has 16 aromatic rings. The van der Waals surface area contributed by atoms with Crippen LogP contribution in [0.4, 0.5) is 54.0 Å². The van der Waals surface area contributed by atoms with E-state index in [2.05, 4.69) is 106 Å². The molecule has 8 aromatic carbocycles. The SMILES string of the molecule is C=CC(=O)N1CC[C@@H]2[C@H]1CN2c1nc(C)nc2c(F)c(-c3cccc4ccc(F)c(Cl)c34)ncc12.C=CC(=O)N1CC[C@@H]2[C@H]1CN2c1ncnc2c(F)c(-c3c(O)ccc4ccccc34)ncc12.C=CC(=O)N1CC[C@@H]2[C@H]1[C@@H](C)N2c1ncnc2c(F)c(-c3cccc4ccc(F)c(Cl)c34)ncc12.C=CC(=O)N1CC[C@@H]2[C@H]1[C@H](C)N2c1ncnc2c(F)c(-c3cccc4ccc(F)c(Cl)c34)ncc12. The van der Waals surface area contributed by atoms with E-state index >= 15 is 17.6 Å². The van der Waals surface area contributed by atoms with Gasteiger partial charge in [-0.1, -0.05) is 164 Å². The first kappa shape index (κ1) is 89.5. The number of fused-ring (bicyclic) bond motifs is 12. The van der Waals surface area contributed by atoms with Crippen LogP contribution in [0, 0.1) is 47.6 Å². The normalized spacial score (nSPS) is 20.4. The molecule has 0 bridgehead atoms. The van der Waals surface area contributed by atoms with Crippen LogP contribution in [0.3, 0.4) is 0 Å². The molecule has 692 valence electrons. The number of anilines is 4. The lowest BCUT2D eigenvalue weighted by Gasteiger charge is -2.53. The largest absolute Gasteiger partial charge is 0.507 e. The number of carbonyl (C=O) groups is 4. The van der Waals surface area contributed by atoms with E-state index in [1.807, 2.05) is 57.7 Å². The number of aromatic nitrogens is 12. The number of hydrogen-bond donors (Lipinski definition) is 1. The first-order chi connectivity index (χ1) is 66.8. The molecule has 24 rings (SSSR count). The van der Waals surface area contributed by atoms with Crippen LogP contribution in [0.1, 0.15) is 45.4 Å². The molecule has 4 amide bonds. The molecule has 8 aliphatic rings. The lowest BCUT2D eigenvalue weighted by atomic mass is 9.87. The van der Waals surface area contributed by atoms with Gasteiger partial charge >= 0.3 is 0 Å². The third-order valence-corrected chi connectivity index (χ3v) is 29.3. The Balaban J connectivity index is 0.000000110.